The van der Waals surface area contributed by atoms with E-state index in [9.17, 15) is 4.79 Å². The van der Waals surface area contributed by atoms with E-state index in [1.54, 1.807) is 0 Å². The van der Waals surface area contributed by atoms with Crippen LogP contribution in [-0.4, -0.2) is 29.8 Å². The predicted molar refractivity (Wildman–Crippen MR) is 100 cm³/mol. The summed E-state index contributed by atoms with van der Waals surface area (Å²) in [6, 6.07) is 6.06. The summed E-state index contributed by atoms with van der Waals surface area (Å²) < 4.78 is 8.82. The summed E-state index contributed by atoms with van der Waals surface area (Å²) in [5, 5.41) is 0.216. The van der Waals surface area contributed by atoms with Crippen LogP contribution in [0.1, 0.15) is 56.9 Å². The number of rotatable bonds is 4. The van der Waals surface area contributed by atoms with Gasteiger partial charge in [0.15, 0.2) is 14.6 Å². The van der Waals surface area contributed by atoms with Gasteiger partial charge in [-0.05, 0) is 50.0 Å². The number of para-hydroxylation sites is 1. The molecule has 0 aliphatic heterocycles. The number of hydrogen-bond donors (Lipinski definition) is 0. The van der Waals surface area contributed by atoms with Crippen LogP contribution in [0, 0.1) is 0 Å². The first kappa shape index (κ1) is 17.4. The van der Waals surface area contributed by atoms with Gasteiger partial charge in [-0.3, -0.25) is 4.79 Å². The van der Waals surface area contributed by atoms with Crippen LogP contribution >= 0.6 is 0 Å². The van der Waals surface area contributed by atoms with E-state index >= 15 is 0 Å². The Morgan fingerprint density at radius 1 is 1.33 bits per heavy atom. The Kier molecular flexibility index (Phi) is 4.00. The SMILES string of the molecule is CC(C)(C)[Si](C)(C)O[C@]1(C)C[C@H](n2cnc3cccc(C=O)c32)C1. The topological polar surface area (TPSA) is 44.1 Å². The van der Waals surface area contributed by atoms with Crippen LogP contribution < -0.4 is 0 Å². The fourth-order valence-electron chi connectivity index (χ4n) is 3.47. The molecule has 0 atom stereocenters. The van der Waals surface area contributed by atoms with Gasteiger partial charge in [-0.25, -0.2) is 4.98 Å². The Morgan fingerprint density at radius 2 is 2.00 bits per heavy atom. The Hall–Kier alpha value is -1.46. The molecule has 2 aromatic rings. The van der Waals surface area contributed by atoms with Gasteiger partial charge in [-0.2, -0.15) is 0 Å². The third-order valence-corrected chi connectivity index (χ3v) is 10.4. The van der Waals surface area contributed by atoms with Crippen LogP contribution in [0.5, 0.6) is 0 Å². The molecule has 24 heavy (non-hydrogen) atoms. The fourth-order valence-corrected chi connectivity index (χ4v) is 5.18. The average Bonchev–Trinajstić information content (AvgIpc) is 2.86. The second-order valence-electron chi connectivity index (χ2n) is 8.86. The lowest BCUT2D eigenvalue weighted by molar-refractivity contribution is -0.0377. The van der Waals surface area contributed by atoms with Gasteiger partial charge in [0.2, 0.25) is 0 Å². The summed E-state index contributed by atoms with van der Waals surface area (Å²) in [5.41, 5.74) is 2.48. The molecule has 1 aromatic heterocycles. The molecule has 0 spiro atoms. The molecule has 0 N–H and O–H groups in total. The van der Waals surface area contributed by atoms with E-state index in [0.717, 1.165) is 30.2 Å². The first-order chi connectivity index (χ1) is 11.1. The lowest BCUT2D eigenvalue weighted by Gasteiger charge is -2.52. The Morgan fingerprint density at radius 3 is 2.58 bits per heavy atom. The van der Waals surface area contributed by atoms with E-state index < -0.39 is 8.32 Å². The summed E-state index contributed by atoms with van der Waals surface area (Å²) in [6.07, 6.45) is 4.73. The van der Waals surface area contributed by atoms with Crippen molar-refractivity contribution in [2.75, 3.05) is 0 Å². The summed E-state index contributed by atoms with van der Waals surface area (Å²) in [4.78, 5) is 15.8. The Bertz CT molecular complexity index is 767. The normalized spacial score (nSPS) is 24.8. The molecule has 0 saturated heterocycles. The highest BCUT2D eigenvalue weighted by Gasteiger charge is 2.49. The highest BCUT2D eigenvalue weighted by atomic mass is 28.4. The van der Waals surface area contributed by atoms with E-state index in [2.05, 4.69) is 50.3 Å². The largest absolute Gasteiger partial charge is 0.411 e. The zero-order valence-corrected chi connectivity index (χ0v) is 16.6. The molecule has 1 fully saturated rings. The first-order valence-electron chi connectivity index (χ1n) is 8.67. The number of imidazole rings is 1. The molecule has 0 unspecified atom stereocenters. The molecule has 3 rings (SSSR count). The van der Waals surface area contributed by atoms with Crippen molar-refractivity contribution in [3.63, 3.8) is 0 Å². The van der Waals surface area contributed by atoms with Crippen LogP contribution in [0.3, 0.4) is 0 Å². The van der Waals surface area contributed by atoms with Gasteiger partial charge in [-0.1, -0.05) is 26.8 Å². The van der Waals surface area contributed by atoms with Gasteiger partial charge in [0.1, 0.15) is 0 Å². The molecular weight excluding hydrogens is 316 g/mol. The van der Waals surface area contributed by atoms with E-state index in [1.165, 1.54) is 0 Å². The molecule has 1 heterocycles. The second-order valence-corrected chi connectivity index (χ2v) is 13.6. The number of hydrogen-bond acceptors (Lipinski definition) is 3. The second kappa shape index (κ2) is 5.53. The molecule has 1 aliphatic carbocycles. The molecule has 4 nitrogen and oxygen atoms in total. The standard InChI is InChI=1S/C19H28N2O2Si/c1-18(2,3)24(5,6)23-19(4)10-15(11-19)21-13-20-16-9-7-8-14(12-22)17(16)21/h7-9,12-13,15H,10-11H2,1-6H3/t15-,19+. The van der Waals surface area contributed by atoms with E-state index in [0.29, 0.717) is 11.6 Å². The Labute approximate surface area is 145 Å². The van der Waals surface area contributed by atoms with Crippen LogP contribution in [0.4, 0.5) is 0 Å². The number of carbonyl (C=O) groups is 1. The zero-order chi connectivity index (χ0) is 17.8. The maximum atomic E-state index is 11.4. The molecule has 1 aliphatic rings. The van der Waals surface area contributed by atoms with Crippen LogP contribution in [0.25, 0.3) is 11.0 Å². The lowest BCUT2D eigenvalue weighted by Crippen LogP contribution is -2.54. The summed E-state index contributed by atoms with van der Waals surface area (Å²) in [6.45, 7) is 13.7. The minimum atomic E-state index is -1.78. The third kappa shape index (κ3) is 2.84. The van der Waals surface area contributed by atoms with Crippen molar-refractivity contribution in [1.82, 2.24) is 9.55 Å². The van der Waals surface area contributed by atoms with Crippen molar-refractivity contribution in [3.8, 4) is 0 Å². The fraction of sp³-hybridized carbons (Fsp3) is 0.579. The van der Waals surface area contributed by atoms with Crippen molar-refractivity contribution in [1.29, 1.82) is 0 Å². The van der Waals surface area contributed by atoms with Gasteiger partial charge in [0.05, 0.1) is 23.0 Å². The lowest BCUT2D eigenvalue weighted by atomic mass is 9.77. The maximum Gasteiger partial charge on any atom is 0.192 e. The van der Waals surface area contributed by atoms with Crippen molar-refractivity contribution in [3.05, 3.63) is 30.1 Å². The molecule has 1 aromatic carbocycles. The molecule has 0 bridgehead atoms. The highest BCUT2D eigenvalue weighted by Crippen LogP contribution is 2.49. The smallest absolute Gasteiger partial charge is 0.192 e. The van der Waals surface area contributed by atoms with Crippen molar-refractivity contribution >= 4 is 25.6 Å². The number of nitrogens with zero attached hydrogens (tertiary/aromatic N) is 2. The molecule has 1 saturated carbocycles. The number of aldehydes is 1. The number of aromatic nitrogens is 2. The van der Waals surface area contributed by atoms with Crippen LogP contribution in [0.2, 0.25) is 18.1 Å². The van der Waals surface area contributed by atoms with E-state index in [1.807, 2.05) is 24.5 Å². The summed E-state index contributed by atoms with van der Waals surface area (Å²) >= 11 is 0. The number of carbonyl (C=O) groups excluding carboxylic acids is 1. The Balaban J connectivity index is 1.81. The average molecular weight is 345 g/mol. The van der Waals surface area contributed by atoms with Gasteiger partial charge in [0.25, 0.3) is 0 Å². The van der Waals surface area contributed by atoms with Crippen molar-refractivity contribution < 1.29 is 9.22 Å². The third-order valence-electron chi connectivity index (χ3n) is 5.79. The number of fused-ring (bicyclic) bond motifs is 1. The monoisotopic (exact) mass is 344 g/mol. The number of benzene rings is 1. The molecule has 5 heteroatoms. The molecule has 0 radical (unpaired) electrons. The quantitative estimate of drug-likeness (QED) is 0.581. The van der Waals surface area contributed by atoms with Crippen molar-refractivity contribution in [2.45, 2.75) is 70.3 Å². The van der Waals surface area contributed by atoms with Crippen molar-refractivity contribution in [2.24, 2.45) is 0 Å². The van der Waals surface area contributed by atoms with Gasteiger partial charge >= 0.3 is 0 Å². The minimum Gasteiger partial charge on any atom is -0.411 e. The van der Waals surface area contributed by atoms with Gasteiger partial charge in [0, 0.05) is 11.6 Å². The van der Waals surface area contributed by atoms with Crippen LogP contribution in [-0.2, 0) is 4.43 Å². The summed E-state index contributed by atoms with van der Waals surface area (Å²) in [5.74, 6) is 0. The zero-order valence-electron chi connectivity index (χ0n) is 15.6. The first-order valence-corrected chi connectivity index (χ1v) is 11.6. The van der Waals surface area contributed by atoms with Gasteiger partial charge in [-0.15, -0.1) is 0 Å². The maximum absolute atomic E-state index is 11.4. The minimum absolute atomic E-state index is 0.0691. The molecule has 130 valence electrons. The predicted octanol–water partition coefficient (Wildman–Crippen LogP) is 4.96. The molecular formula is C19H28N2O2Si. The van der Waals surface area contributed by atoms with Gasteiger partial charge < -0.3 is 8.99 Å². The van der Waals surface area contributed by atoms with E-state index in [4.69, 9.17) is 4.43 Å². The molecule has 0 amide bonds. The van der Waals surface area contributed by atoms with Crippen LogP contribution in [0.15, 0.2) is 24.5 Å². The highest BCUT2D eigenvalue weighted by molar-refractivity contribution is 6.74. The summed E-state index contributed by atoms with van der Waals surface area (Å²) in [7, 11) is -1.78. The van der Waals surface area contributed by atoms with E-state index in [-0.39, 0.29) is 10.6 Å².